The highest BCUT2D eigenvalue weighted by Crippen LogP contribution is 2.27. The van der Waals surface area contributed by atoms with Gasteiger partial charge in [-0.2, -0.15) is 5.10 Å². The molecule has 1 aromatic rings. The van der Waals surface area contributed by atoms with Crippen molar-refractivity contribution in [2.45, 2.75) is 31.8 Å². The number of nitrogens with two attached hydrogens (primary N) is 1. The Hall–Kier alpha value is -1.22. The molecule has 0 saturated carbocycles. The van der Waals surface area contributed by atoms with Crippen molar-refractivity contribution in [3.05, 3.63) is 5.56 Å². The van der Waals surface area contributed by atoms with Crippen LogP contribution in [0.5, 0.6) is 0 Å². The first-order valence-electron chi connectivity index (χ1n) is 6.25. The van der Waals surface area contributed by atoms with Gasteiger partial charge in [-0.1, -0.05) is 13.8 Å². The lowest BCUT2D eigenvalue weighted by Crippen LogP contribution is -2.17. The van der Waals surface area contributed by atoms with Gasteiger partial charge in [0.1, 0.15) is 16.4 Å². The van der Waals surface area contributed by atoms with Gasteiger partial charge in [-0.25, -0.2) is 17.9 Å². The third-order valence-corrected chi connectivity index (χ3v) is 5.53. The van der Waals surface area contributed by atoms with Crippen molar-refractivity contribution in [3.8, 4) is 0 Å². The van der Waals surface area contributed by atoms with Gasteiger partial charge in [0.2, 0.25) is 0 Å². The van der Waals surface area contributed by atoms with Gasteiger partial charge >= 0.3 is 5.97 Å². The van der Waals surface area contributed by atoms with Crippen molar-refractivity contribution >= 4 is 33.4 Å². The quantitative estimate of drug-likeness (QED) is 0.689. The Kier molecular flexibility index (Phi) is 5.88. The van der Waals surface area contributed by atoms with E-state index in [1.165, 1.54) is 16.4 Å². The summed E-state index contributed by atoms with van der Waals surface area (Å²) in [5, 5.41) is 13.6. The molecule has 1 aromatic heterocycles. The fraction of sp³-hybridized carbons (Fsp3) is 0.636. The van der Waals surface area contributed by atoms with Crippen molar-refractivity contribution < 1.29 is 18.3 Å². The van der Waals surface area contributed by atoms with Crippen LogP contribution in [-0.2, 0) is 16.4 Å². The van der Waals surface area contributed by atoms with Gasteiger partial charge in [0.15, 0.2) is 9.84 Å². The average Bonchev–Trinajstić information content (AvgIpc) is 2.70. The molecule has 114 valence electrons. The number of carboxylic acids is 1. The topological polar surface area (TPSA) is 115 Å². The molecule has 0 bridgehead atoms. The van der Waals surface area contributed by atoms with Crippen molar-refractivity contribution in [3.63, 3.8) is 0 Å². The van der Waals surface area contributed by atoms with Crippen LogP contribution in [0.25, 0.3) is 0 Å². The number of thioether (sulfide) groups is 1. The lowest BCUT2D eigenvalue weighted by molar-refractivity contribution is 0.0694. The second kappa shape index (κ2) is 6.98. The van der Waals surface area contributed by atoms with Crippen LogP contribution in [0.3, 0.4) is 0 Å². The van der Waals surface area contributed by atoms with E-state index in [0.29, 0.717) is 5.03 Å². The number of hydrogen-bond acceptors (Lipinski definition) is 6. The number of nitrogens with zero attached hydrogens (tertiary/aromatic N) is 2. The Morgan fingerprint density at radius 1 is 1.45 bits per heavy atom. The van der Waals surface area contributed by atoms with E-state index in [4.69, 9.17) is 10.8 Å². The van der Waals surface area contributed by atoms with E-state index in [2.05, 4.69) is 5.10 Å². The summed E-state index contributed by atoms with van der Waals surface area (Å²) in [7, 11) is -3.15. The van der Waals surface area contributed by atoms with E-state index in [1.54, 1.807) is 6.92 Å². The first-order valence-corrected chi connectivity index (χ1v) is 9.05. The highest BCUT2D eigenvalue weighted by Gasteiger charge is 2.22. The fourth-order valence-corrected chi connectivity index (χ4v) is 3.12. The molecule has 0 aromatic carbocycles. The molecule has 0 aliphatic rings. The molecule has 0 aliphatic heterocycles. The number of aromatic nitrogens is 2. The van der Waals surface area contributed by atoms with E-state index in [-0.39, 0.29) is 29.4 Å². The monoisotopic (exact) mass is 321 g/mol. The maximum atomic E-state index is 11.5. The van der Waals surface area contributed by atoms with Crippen LogP contribution in [0.1, 0.15) is 30.6 Å². The zero-order valence-corrected chi connectivity index (χ0v) is 13.1. The average molecular weight is 321 g/mol. The number of anilines is 1. The standard InChI is InChI=1S/C11H19N3O4S2/c1-3-6-19-10-8(11(15)16)9(12)14(13-10)5-7-20(17,18)4-2/h3-7,12H2,1-2H3,(H,15,16). The molecule has 1 rings (SSSR count). The van der Waals surface area contributed by atoms with Crippen molar-refractivity contribution in [1.82, 2.24) is 9.78 Å². The van der Waals surface area contributed by atoms with E-state index < -0.39 is 15.8 Å². The molecular formula is C11H19N3O4S2. The number of hydrogen-bond donors (Lipinski definition) is 2. The van der Waals surface area contributed by atoms with Crippen LogP contribution >= 0.6 is 11.8 Å². The lowest BCUT2D eigenvalue weighted by Gasteiger charge is -2.04. The first kappa shape index (κ1) is 16.8. The van der Waals surface area contributed by atoms with E-state index >= 15 is 0 Å². The van der Waals surface area contributed by atoms with Gasteiger partial charge in [-0.15, -0.1) is 11.8 Å². The van der Waals surface area contributed by atoms with Gasteiger partial charge in [-0.05, 0) is 12.2 Å². The molecule has 0 amide bonds. The summed E-state index contributed by atoms with van der Waals surface area (Å²) < 4.78 is 24.2. The second-order valence-corrected chi connectivity index (χ2v) is 7.73. The smallest absolute Gasteiger partial charge is 0.342 e. The second-order valence-electron chi connectivity index (χ2n) is 4.18. The minimum atomic E-state index is -3.15. The van der Waals surface area contributed by atoms with Crippen molar-refractivity contribution in [1.29, 1.82) is 0 Å². The van der Waals surface area contributed by atoms with E-state index in [1.807, 2.05) is 6.92 Å². The van der Waals surface area contributed by atoms with Crippen LogP contribution < -0.4 is 5.73 Å². The molecule has 0 radical (unpaired) electrons. The molecule has 0 fully saturated rings. The van der Waals surface area contributed by atoms with Crippen molar-refractivity contribution in [2.24, 2.45) is 0 Å². The molecule has 0 saturated heterocycles. The molecule has 0 atom stereocenters. The number of sulfone groups is 1. The van der Waals surface area contributed by atoms with Crippen LogP contribution in [0.2, 0.25) is 0 Å². The van der Waals surface area contributed by atoms with Crippen LogP contribution in [0, 0.1) is 0 Å². The van der Waals surface area contributed by atoms with E-state index in [9.17, 15) is 13.2 Å². The predicted molar refractivity (Wildman–Crippen MR) is 78.9 cm³/mol. The largest absolute Gasteiger partial charge is 0.477 e. The van der Waals surface area contributed by atoms with Crippen LogP contribution in [0.4, 0.5) is 5.82 Å². The van der Waals surface area contributed by atoms with Gasteiger partial charge in [0.25, 0.3) is 0 Å². The highest BCUT2D eigenvalue weighted by molar-refractivity contribution is 7.99. The van der Waals surface area contributed by atoms with Gasteiger partial charge in [-0.3, -0.25) is 0 Å². The summed E-state index contributed by atoms with van der Waals surface area (Å²) in [6.07, 6.45) is 0.876. The molecule has 20 heavy (non-hydrogen) atoms. The SMILES string of the molecule is CCCSc1nn(CCS(=O)(=O)CC)c(N)c1C(=O)O. The summed E-state index contributed by atoms with van der Waals surface area (Å²) in [6.45, 7) is 3.60. The number of aryl methyl sites for hydroxylation is 1. The van der Waals surface area contributed by atoms with Gasteiger partial charge in [0, 0.05) is 5.75 Å². The molecule has 0 spiro atoms. The number of aromatic carboxylic acids is 1. The van der Waals surface area contributed by atoms with Gasteiger partial charge in [0.05, 0.1) is 12.3 Å². The molecule has 0 unspecified atom stereocenters. The minimum absolute atomic E-state index is 0.00223. The summed E-state index contributed by atoms with van der Waals surface area (Å²) in [5.74, 6) is -0.485. The Bertz CT molecular complexity index is 581. The molecular weight excluding hydrogens is 302 g/mol. The Labute approximate surface area is 122 Å². The molecule has 0 aliphatic carbocycles. The zero-order chi connectivity index (χ0) is 15.3. The summed E-state index contributed by atoms with van der Waals surface area (Å²) in [5.41, 5.74) is 5.71. The fourth-order valence-electron chi connectivity index (χ4n) is 1.49. The van der Waals surface area contributed by atoms with Crippen LogP contribution in [-0.4, -0.2) is 46.5 Å². The minimum Gasteiger partial charge on any atom is -0.477 e. The van der Waals surface area contributed by atoms with Crippen LogP contribution in [0.15, 0.2) is 5.03 Å². The third kappa shape index (κ3) is 4.14. The first-order chi connectivity index (χ1) is 9.32. The predicted octanol–water partition coefficient (Wildman–Crippen LogP) is 1.10. The summed E-state index contributed by atoms with van der Waals surface area (Å²) in [4.78, 5) is 11.2. The number of rotatable bonds is 8. The Balaban J connectivity index is 3.00. The lowest BCUT2D eigenvalue weighted by atomic mass is 10.3. The maximum absolute atomic E-state index is 11.5. The number of carbonyl (C=O) groups is 1. The number of nitrogen functional groups attached to an aromatic ring is 1. The zero-order valence-electron chi connectivity index (χ0n) is 11.5. The normalized spacial score (nSPS) is 11.7. The number of carboxylic acid groups (broad SMARTS) is 1. The van der Waals surface area contributed by atoms with Crippen molar-refractivity contribution in [2.75, 3.05) is 23.0 Å². The summed E-state index contributed by atoms with van der Waals surface area (Å²) >= 11 is 1.31. The maximum Gasteiger partial charge on any atom is 0.342 e. The molecule has 3 N–H and O–H groups in total. The highest BCUT2D eigenvalue weighted by atomic mass is 32.2. The van der Waals surface area contributed by atoms with E-state index in [0.717, 1.165) is 12.2 Å². The Morgan fingerprint density at radius 3 is 2.60 bits per heavy atom. The molecule has 7 nitrogen and oxygen atoms in total. The third-order valence-electron chi connectivity index (χ3n) is 2.67. The summed E-state index contributed by atoms with van der Waals surface area (Å²) in [6, 6.07) is 0. The Morgan fingerprint density at radius 2 is 2.10 bits per heavy atom. The molecule has 9 heteroatoms. The van der Waals surface area contributed by atoms with Gasteiger partial charge < -0.3 is 10.8 Å². The molecule has 1 heterocycles.